The summed E-state index contributed by atoms with van der Waals surface area (Å²) in [5.74, 6) is 0.766. The number of nitrogens with zero attached hydrogens (tertiary/aromatic N) is 1. The summed E-state index contributed by atoms with van der Waals surface area (Å²) in [5.41, 5.74) is 0. The zero-order valence-corrected chi connectivity index (χ0v) is 10.1. The molecule has 0 saturated carbocycles. The van der Waals surface area contributed by atoms with Crippen LogP contribution in [0.1, 0.15) is 27.2 Å². The minimum atomic E-state index is 0.108. The zero-order valence-electron chi connectivity index (χ0n) is 10.1. The van der Waals surface area contributed by atoms with E-state index in [1.165, 1.54) is 0 Å². The van der Waals surface area contributed by atoms with E-state index >= 15 is 0 Å². The fourth-order valence-electron chi connectivity index (χ4n) is 1.56. The van der Waals surface area contributed by atoms with Gasteiger partial charge in [0.25, 0.3) is 0 Å². The lowest BCUT2D eigenvalue weighted by Gasteiger charge is -2.25. The molecule has 84 valence electrons. The molecule has 0 bridgehead atoms. The number of carbonyl (C=O) groups is 1. The molecule has 0 rings (SSSR count). The lowest BCUT2D eigenvalue weighted by molar-refractivity contribution is -0.135. The summed E-state index contributed by atoms with van der Waals surface area (Å²) < 4.78 is 0. The van der Waals surface area contributed by atoms with Gasteiger partial charge in [0.2, 0.25) is 5.91 Å². The number of nitrogens with one attached hydrogen (secondary N) is 1. The van der Waals surface area contributed by atoms with Crippen LogP contribution in [-0.4, -0.2) is 38.0 Å². The van der Waals surface area contributed by atoms with Crippen molar-refractivity contribution in [2.75, 3.05) is 27.2 Å². The molecule has 0 aromatic rings. The van der Waals surface area contributed by atoms with E-state index in [4.69, 9.17) is 0 Å². The van der Waals surface area contributed by atoms with E-state index in [1.807, 2.05) is 19.0 Å². The Bertz CT molecular complexity index is 169. The first kappa shape index (κ1) is 13.4. The Kier molecular flexibility index (Phi) is 6.54. The van der Waals surface area contributed by atoms with Gasteiger partial charge in [-0.2, -0.15) is 0 Å². The molecule has 0 aliphatic rings. The van der Waals surface area contributed by atoms with E-state index in [9.17, 15) is 4.79 Å². The van der Waals surface area contributed by atoms with Crippen LogP contribution in [0.25, 0.3) is 0 Å². The monoisotopic (exact) mass is 200 g/mol. The molecular formula is C11H24N2O. The van der Waals surface area contributed by atoms with Gasteiger partial charge in [-0.05, 0) is 19.4 Å². The summed E-state index contributed by atoms with van der Waals surface area (Å²) in [6.45, 7) is 7.90. The average Bonchev–Trinajstić information content (AvgIpc) is 2.13. The average molecular weight is 200 g/mol. The first-order valence-electron chi connectivity index (χ1n) is 5.44. The third kappa shape index (κ3) is 4.09. The third-order valence-electron chi connectivity index (χ3n) is 2.48. The van der Waals surface area contributed by atoms with Crippen LogP contribution in [0.15, 0.2) is 0 Å². The van der Waals surface area contributed by atoms with Gasteiger partial charge in [-0.15, -0.1) is 0 Å². The summed E-state index contributed by atoms with van der Waals surface area (Å²) in [5, 5.41) is 3.08. The summed E-state index contributed by atoms with van der Waals surface area (Å²) in [6.07, 6.45) is 1.02. The van der Waals surface area contributed by atoms with Crippen molar-refractivity contribution >= 4 is 5.91 Å². The van der Waals surface area contributed by atoms with E-state index in [2.05, 4.69) is 26.1 Å². The Labute approximate surface area is 87.9 Å². The number of rotatable bonds is 6. The number of carbonyl (C=O) groups excluding carboxylic acids is 1. The molecule has 0 spiro atoms. The Morgan fingerprint density at radius 3 is 2.36 bits per heavy atom. The summed E-state index contributed by atoms with van der Waals surface area (Å²) >= 11 is 0. The van der Waals surface area contributed by atoms with Crippen molar-refractivity contribution in [2.45, 2.75) is 27.2 Å². The predicted octanol–water partition coefficient (Wildman–Crippen LogP) is 1.35. The van der Waals surface area contributed by atoms with Crippen molar-refractivity contribution in [3.8, 4) is 0 Å². The van der Waals surface area contributed by atoms with Gasteiger partial charge in [0.05, 0.1) is 5.92 Å². The number of hydrogen-bond donors (Lipinski definition) is 1. The van der Waals surface area contributed by atoms with Gasteiger partial charge in [-0.1, -0.05) is 20.8 Å². The van der Waals surface area contributed by atoms with E-state index in [1.54, 1.807) is 0 Å². The molecule has 0 saturated heterocycles. The van der Waals surface area contributed by atoms with Crippen molar-refractivity contribution in [1.29, 1.82) is 0 Å². The van der Waals surface area contributed by atoms with Crippen LogP contribution < -0.4 is 5.32 Å². The van der Waals surface area contributed by atoms with Crippen LogP contribution in [0.2, 0.25) is 0 Å². The van der Waals surface area contributed by atoms with Gasteiger partial charge in [0, 0.05) is 20.1 Å². The van der Waals surface area contributed by atoms with Crippen LogP contribution in [-0.2, 0) is 4.79 Å². The van der Waals surface area contributed by atoms with E-state index in [0.717, 1.165) is 19.5 Å². The molecule has 0 aromatic carbocycles. The Hall–Kier alpha value is -0.570. The largest absolute Gasteiger partial charge is 0.345 e. The molecule has 0 aromatic heterocycles. The molecule has 0 fully saturated rings. The van der Waals surface area contributed by atoms with Crippen LogP contribution in [0, 0.1) is 11.8 Å². The highest BCUT2D eigenvalue weighted by atomic mass is 16.2. The second-order valence-electron chi connectivity index (χ2n) is 4.17. The molecule has 1 atom stereocenters. The molecule has 1 N–H and O–H groups in total. The maximum absolute atomic E-state index is 12.0. The van der Waals surface area contributed by atoms with Crippen LogP contribution in [0.3, 0.4) is 0 Å². The van der Waals surface area contributed by atoms with Crippen molar-refractivity contribution in [3.63, 3.8) is 0 Å². The maximum Gasteiger partial charge on any atom is 0.226 e. The van der Waals surface area contributed by atoms with Crippen LogP contribution >= 0.6 is 0 Å². The predicted molar refractivity (Wildman–Crippen MR) is 60.2 cm³/mol. The van der Waals surface area contributed by atoms with Crippen molar-refractivity contribution < 1.29 is 4.79 Å². The molecule has 0 heterocycles. The Morgan fingerprint density at radius 1 is 1.43 bits per heavy atom. The van der Waals surface area contributed by atoms with Crippen molar-refractivity contribution in [3.05, 3.63) is 0 Å². The zero-order chi connectivity index (χ0) is 11.1. The van der Waals surface area contributed by atoms with E-state index in [0.29, 0.717) is 5.92 Å². The molecule has 14 heavy (non-hydrogen) atoms. The minimum Gasteiger partial charge on any atom is -0.345 e. The minimum absolute atomic E-state index is 0.108. The highest BCUT2D eigenvalue weighted by molar-refractivity contribution is 5.79. The fourth-order valence-corrected chi connectivity index (χ4v) is 1.56. The standard InChI is InChI=1S/C11H24N2O/c1-6-7-13(5)11(14)10(8-12-4)9(2)3/h9-10,12H,6-8H2,1-5H3. The third-order valence-corrected chi connectivity index (χ3v) is 2.48. The van der Waals surface area contributed by atoms with Crippen LogP contribution in [0.5, 0.6) is 0 Å². The Balaban J connectivity index is 4.27. The normalized spacial score (nSPS) is 13.0. The van der Waals surface area contributed by atoms with Crippen molar-refractivity contribution in [2.24, 2.45) is 11.8 Å². The topological polar surface area (TPSA) is 32.3 Å². The highest BCUT2D eigenvalue weighted by Crippen LogP contribution is 2.12. The number of amides is 1. The lowest BCUT2D eigenvalue weighted by Crippen LogP contribution is -2.40. The van der Waals surface area contributed by atoms with Gasteiger partial charge in [-0.25, -0.2) is 0 Å². The second-order valence-corrected chi connectivity index (χ2v) is 4.17. The Morgan fingerprint density at radius 2 is 2.00 bits per heavy atom. The first-order valence-corrected chi connectivity index (χ1v) is 5.44. The molecule has 1 unspecified atom stereocenters. The molecule has 0 radical (unpaired) electrons. The van der Waals surface area contributed by atoms with E-state index < -0.39 is 0 Å². The molecule has 3 nitrogen and oxygen atoms in total. The second kappa shape index (κ2) is 6.82. The molecule has 1 amide bonds. The highest BCUT2D eigenvalue weighted by Gasteiger charge is 2.23. The lowest BCUT2D eigenvalue weighted by atomic mass is 9.94. The smallest absolute Gasteiger partial charge is 0.226 e. The maximum atomic E-state index is 12.0. The summed E-state index contributed by atoms with van der Waals surface area (Å²) in [6, 6.07) is 0. The summed E-state index contributed by atoms with van der Waals surface area (Å²) in [7, 11) is 3.78. The SMILES string of the molecule is CCCN(C)C(=O)C(CNC)C(C)C. The van der Waals surface area contributed by atoms with Gasteiger partial charge in [0.1, 0.15) is 0 Å². The van der Waals surface area contributed by atoms with E-state index in [-0.39, 0.29) is 11.8 Å². The summed E-state index contributed by atoms with van der Waals surface area (Å²) in [4.78, 5) is 13.8. The van der Waals surface area contributed by atoms with Crippen molar-refractivity contribution in [1.82, 2.24) is 10.2 Å². The quantitative estimate of drug-likeness (QED) is 0.702. The molecular weight excluding hydrogens is 176 g/mol. The molecule has 0 aliphatic carbocycles. The molecule has 3 heteroatoms. The van der Waals surface area contributed by atoms with Gasteiger partial charge >= 0.3 is 0 Å². The van der Waals surface area contributed by atoms with Gasteiger partial charge in [-0.3, -0.25) is 4.79 Å². The number of hydrogen-bond acceptors (Lipinski definition) is 2. The van der Waals surface area contributed by atoms with Gasteiger partial charge < -0.3 is 10.2 Å². The molecule has 0 aliphatic heterocycles. The van der Waals surface area contributed by atoms with Gasteiger partial charge in [0.15, 0.2) is 0 Å². The van der Waals surface area contributed by atoms with Crippen LogP contribution in [0.4, 0.5) is 0 Å². The first-order chi connectivity index (χ1) is 6.54. The fraction of sp³-hybridized carbons (Fsp3) is 0.909.